The van der Waals surface area contributed by atoms with E-state index in [0.29, 0.717) is 17.7 Å². The summed E-state index contributed by atoms with van der Waals surface area (Å²) in [6, 6.07) is 13.7. The lowest BCUT2D eigenvalue weighted by atomic mass is 10.0. The third kappa shape index (κ3) is 9.85. The van der Waals surface area contributed by atoms with Crippen molar-refractivity contribution >= 4 is 23.7 Å². The number of amides is 3. The normalized spacial score (nSPS) is 13.1. The van der Waals surface area contributed by atoms with Crippen LogP contribution in [-0.4, -0.2) is 54.5 Å². The van der Waals surface area contributed by atoms with Crippen LogP contribution in [0.25, 0.3) is 0 Å². The van der Waals surface area contributed by atoms with Crippen molar-refractivity contribution in [1.29, 1.82) is 0 Å². The Morgan fingerprint density at radius 1 is 0.921 bits per heavy atom. The van der Waals surface area contributed by atoms with Crippen LogP contribution in [0, 0.1) is 5.92 Å². The monoisotopic (exact) mass is 527 g/mol. The number of carbonyl (C=O) groups is 4. The van der Waals surface area contributed by atoms with Gasteiger partial charge in [-0.3, -0.25) is 14.4 Å². The molecule has 206 valence electrons. The number of aliphatic hydroxyl groups excluding tert-OH is 1. The first kappa shape index (κ1) is 30.3. The third-order valence-corrected chi connectivity index (χ3v) is 5.75. The van der Waals surface area contributed by atoms with E-state index in [9.17, 15) is 24.3 Å². The lowest BCUT2D eigenvalue weighted by Crippen LogP contribution is -2.54. The van der Waals surface area contributed by atoms with E-state index in [1.807, 2.05) is 44.2 Å². The van der Waals surface area contributed by atoms with Gasteiger partial charge in [-0.05, 0) is 42.0 Å². The summed E-state index contributed by atoms with van der Waals surface area (Å²) in [6.45, 7) is 5.29. The second-order valence-electron chi connectivity index (χ2n) is 9.22. The highest BCUT2D eigenvalue weighted by atomic mass is 16.5. The number of carbonyl (C=O) groups excluding carboxylic acids is 4. The van der Waals surface area contributed by atoms with Gasteiger partial charge in [-0.1, -0.05) is 63.2 Å². The molecule has 0 aliphatic heterocycles. The molecular formula is C28H37N3O7. The Morgan fingerprint density at radius 3 is 2.16 bits per heavy atom. The standard InChI is InChI=1S/C28H37N3O7/c1-5-22(25(33)27(35)29-16-24(32)20-11-13-21(37-4)14-12-20)30-26(34)23(15-18(2)3)31-28(36)38-17-19-9-7-6-8-10-19/h6-14,18,22-24,32H,5,15-17H2,1-4H3,(H,29,35)(H,30,34)(H,31,36). The first-order valence-corrected chi connectivity index (χ1v) is 12.6. The molecule has 0 aliphatic rings. The van der Waals surface area contributed by atoms with Crippen molar-refractivity contribution in [2.75, 3.05) is 13.7 Å². The number of rotatable bonds is 14. The average Bonchev–Trinajstić information content (AvgIpc) is 2.92. The topological polar surface area (TPSA) is 143 Å². The van der Waals surface area contributed by atoms with E-state index in [4.69, 9.17) is 9.47 Å². The molecule has 0 aromatic heterocycles. The summed E-state index contributed by atoms with van der Waals surface area (Å²) in [7, 11) is 1.53. The van der Waals surface area contributed by atoms with Gasteiger partial charge >= 0.3 is 6.09 Å². The van der Waals surface area contributed by atoms with Crippen LogP contribution < -0.4 is 20.7 Å². The van der Waals surface area contributed by atoms with E-state index in [-0.39, 0.29) is 25.5 Å². The van der Waals surface area contributed by atoms with Gasteiger partial charge in [0.05, 0.1) is 19.3 Å². The van der Waals surface area contributed by atoms with Crippen LogP contribution in [0.15, 0.2) is 54.6 Å². The predicted octanol–water partition coefficient (Wildman–Crippen LogP) is 2.65. The van der Waals surface area contributed by atoms with Gasteiger partial charge in [0, 0.05) is 6.54 Å². The van der Waals surface area contributed by atoms with E-state index in [2.05, 4.69) is 16.0 Å². The smallest absolute Gasteiger partial charge is 0.408 e. The zero-order valence-corrected chi connectivity index (χ0v) is 22.2. The maximum Gasteiger partial charge on any atom is 0.408 e. The molecular weight excluding hydrogens is 490 g/mol. The highest BCUT2D eigenvalue weighted by molar-refractivity contribution is 6.38. The van der Waals surface area contributed by atoms with Crippen molar-refractivity contribution in [3.63, 3.8) is 0 Å². The summed E-state index contributed by atoms with van der Waals surface area (Å²) in [6.07, 6.45) is -1.34. The molecule has 4 N–H and O–H groups in total. The highest BCUT2D eigenvalue weighted by Gasteiger charge is 2.30. The Kier molecular flexibility index (Phi) is 12.2. The van der Waals surface area contributed by atoms with E-state index >= 15 is 0 Å². The second kappa shape index (κ2) is 15.4. The maximum atomic E-state index is 13.0. The molecule has 2 aromatic carbocycles. The Balaban J connectivity index is 1.92. The number of Topliss-reactive ketones (excluding diaryl/α,β-unsaturated/α-hetero) is 1. The van der Waals surface area contributed by atoms with Crippen LogP contribution in [0.1, 0.15) is 50.8 Å². The third-order valence-electron chi connectivity index (χ3n) is 5.75. The Morgan fingerprint density at radius 2 is 1.58 bits per heavy atom. The van der Waals surface area contributed by atoms with E-state index < -0.39 is 41.9 Å². The molecule has 2 aromatic rings. The molecule has 0 fully saturated rings. The first-order chi connectivity index (χ1) is 18.1. The minimum atomic E-state index is -1.10. The van der Waals surface area contributed by atoms with E-state index in [1.54, 1.807) is 31.2 Å². The van der Waals surface area contributed by atoms with Crippen LogP contribution in [-0.2, 0) is 25.7 Å². The molecule has 0 spiro atoms. The summed E-state index contributed by atoms with van der Waals surface area (Å²) in [5, 5.41) is 17.9. The fourth-order valence-electron chi connectivity index (χ4n) is 3.61. The molecule has 0 heterocycles. The number of alkyl carbamates (subject to hydrolysis) is 1. The number of hydrogen-bond donors (Lipinski definition) is 4. The van der Waals surface area contributed by atoms with Gasteiger partial charge in [0.2, 0.25) is 11.7 Å². The zero-order valence-electron chi connectivity index (χ0n) is 22.2. The number of nitrogens with one attached hydrogen (secondary N) is 3. The molecule has 0 aliphatic carbocycles. The Labute approximate surface area is 223 Å². The number of benzene rings is 2. The van der Waals surface area contributed by atoms with Crippen LogP contribution in [0.3, 0.4) is 0 Å². The van der Waals surface area contributed by atoms with Gasteiger partial charge in [-0.25, -0.2) is 4.79 Å². The number of ketones is 1. The average molecular weight is 528 g/mol. The van der Waals surface area contributed by atoms with Gasteiger partial charge < -0.3 is 30.5 Å². The number of hydrogen-bond acceptors (Lipinski definition) is 7. The number of ether oxygens (including phenoxy) is 2. The lowest BCUT2D eigenvalue weighted by molar-refractivity contribution is -0.140. The summed E-state index contributed by atoms with van der Waals surface area (Å²) >= 11 is 0. The second-order valence-corrected chi connectivity index (χ2v) is 9.22. The molecule has 0 saturated heterocycles. The molecule has 38 heavy (non-hydrogen) atoms. The quantitative estimate of drug-likeness (QED) is 0.277. The van der Waals surface area contributed by atoms with Crippen molar-refractivity contribution in [3.05, 3.63) is 65.7 Å². The van der Waals surface area contributed by atoms with Gasteiger partial charge in [-0.15, -0.1) is 0 Å². The molecule has 3 amide bonds. The maximum absolute atomic E-state index is 13.0. The van der Waals surface area contributed by atoms with Gasteiger partial charge in [-0.2, -0.15) is 0 Å². The molecule has 0 bridgehead atoms. The van der Waals surface area contributed by atoms with Crippen LogP contribution >= 0.6 is 0 Å². The summed E-state index contributed by atoms with van der Waals surface area (Å²) < 4.78 is 10.3. The molecule has 2 rings (SSSR count). The van der Waals surface area contributed by atoms with Gasteiger partial charge in [0.25, 0.3) is 5.91 Å². The fourth-order valence-corrected chi connectivity index (χ4v) is 3.61. The van der Waals surface area contributed by atoms with E-state index in [0.717, 1.165) is 5.56 Å². The Bertz CT molecular complexity index is 1060. The van der Waals surface area contributed by atoms with Crippen molar-refractivity contribution in [2.45, 2.75) is 58.4 Å². The van der Waals surface area contributed by atoms with Gasteiger partial charge in [0.15, 0.2) is 0 Å². The zero-order chi connectivity index (χ0) is 28.1. The minimum Gasteiger partial charge on any atom is -0.497 e. The van der Waals surface area contributed by atoms with Crippen LogP contribution in [0.4, 0.5) is 4.79 Å². The van der Waals surface area contributed by atoms with Gasteiger partial charge in [0.1, 0.15) is 18.4 Å². The van der Waals surface area contributed by atoms with Crippen LogP contribution in [0.5, 0.6) is 5.75 Å². The molecule has 10 nitrogen and oxygen atoms in total. The molecule has 3 atom stereocenters. The van der Waals surface area contributed by atoms with Crippen molar-refractivity contribution < 1.29 is 33.8 Å². The molecule has 0 radical (unpaired) electrons. The number of aliphatic hydroxyl groups is 1. The first-order valence-electron chi connectivity index (χ1n) is 12.6. The van der Waals surface area contributed by atoms with Crippen molar-refractivity contribution in [2.24, 2.45) is 5.92 Å². The largest absolute Gasteiger partial charge is 0.497 e. The molecule has 10 heteroatoms. The van der Waals surface area contributed by atoms with E-state index in [1.165, 1.54) is 7.11 Å². The lowest BCUT2D eigenvalue weighted by Gasteiger charge is -2.23. The Hall–Kier alpha value is -3.92. The summed E-state index contributed by atoms with van der Waals surface area (Å²) in [5.41, 5.74) is 1.34. The predicted molar refractivity (Wildman–Crippen MR) is 141 cm³/mol. The SMILES string of the molecule is CCC(NC(=O)C(CC(C)C)NC(=O)OCc1ccccc1)C(=O)C(=O)NCC(O)c1ccc(OC)cc1. The fraction of sp³-hybridized carbons (Fsp3) is 0.429. The minimum absolute atomic E-state index is 0.0430. The van der Waals surface area contributed by atoms with Crippen molar-refractivity contribution in [1.82, 2.24) is 16.0 Å². The number of methoxy groups -OCH3 is 1. The molecule has 0 saturated carbocycles. The van der Waals surface area contributed by atoms with Crippen molar-refractivity contribution in [3.8, 4) is 5.75 Å². The highest BCUT2D eigenvalue weighted by Crippen LogP contribution is 2.17. The summed E-state index contributed by atoms with van der Waals surface area (Å²) in [4.78, 5) is 50.5. The van der Waals surface area contributed by atoms with Crippen LogP contribution in [0.2, 0.25) is 0 Å². The summed E-state index contributed by atoms with van der Waals surface area (Å²) in [5.74, 6) is -1.70. The molecule has 3 unspecified atom stereocenters.